The molecule has 0 unspecified atom stereocenters. The molecule has 1 heterocycles. The Bertz CT molecular complexity index is 655. The fraction of sp³-hybridized carbons (Fsp3) is 0.0833. The van der Waals surface area contributed by atoms with E-state index in [0.29, 0.717) is 15.6 Å². The molecule has 0 fully saturated rings. The predicted octanol–water partition coefficient (Wildman–Crippen LogP) is 3.54. The van der Waals surface area contributed by atoms with Gasteiger partial charge in [0.05, 0.1) is 16.8 Å². The van der Waals surface area contributed by atoms with E-state index in [1.54, 1.807) is 36.4 Å². The summed E-state index contributed by atoms with van der Waals surface area (Å²) in [7, 11) is -3.57. The molecule has 0 atom stereocenters. The van der Waals surface area contributed by atoms with Gasteiger partial charge in [0.1, 0.15) is 4.60 Å². The second-order valence-electron chi connectivity index (χ2n) is 3.75. The number of pyridine rings is 1. The van der Waals surface area contributed by atoms with Crippen molar-refractivity contribution in [2.24, 2.45) is 0 Å². The molecular weight excluding hydrogens is 396 g/mol. The topological polar surface area (TPSA) is 59.1 Å². The molecule has 1 aromatic heterocycles. The average molecular weight is 406 g/mol. The Morgan fingerprint density at radius 1 is 1.11 bits per heavy atom. The average Bonchev–Trinajstić information content (AvgIpc) is 2.41. The summed E-state index contributed by atoms with van der Waals surface area (Å²) in [6.45, 7) is 0. The molecule has 7 heteroatoms. The number of benzene rings is 1. The minimum absolute atomic E-state index is 0.222. The van der Waals surface area contributed by atoms with Crippen LogP contribution in [0.15, 0.2) is 52.1 Å². The summed E-state index contributed by atoms with van der Waals surface area (Å²) in [4.78, 5) is 4.19. The molecule has 1 N–H and O–H groups in total. The van der Waals surface area contributed by atoms with Gasteiger partial charge in [-0.1, -0.05) is 28.1 Å². The van der Waals surface area contributed by atoms with Gasteiger partial charge >= 0.3 is 0 Å². The van der Waals surface area contributed by atoms with E-state index in [9.17, 15) is 8.42 Å². The number of sulfonamides is 1. The highest BCUT2D eigenvalue weighted by Gasteiger charge is 2.13. The van der Waals surface area contributed by atoms with Gasteiger partial charge in [0.15, 0.2) is 0 Å². The van der Waals surface area contributed by atoms with Crippen LogP contribution in [0.4, 0.5) is 5.69 Å². The summed E-state index contributed by atoms with van der Waals surface area (Å²) < 4.78 is 27.4. The molecule has 100 valence electrons. The number of alkyl halides is 1. The van der Waals surface area contributed by atoms with Crippen molar-refractivity contribution in [1.82, 2.24) is 4.98 Å². The molecule has 2 aromatic rings. The maximum absolute atomic E-state index is 12.1. The summed E-state index contributed by atoms with van der Waals surface area (Å²) >= 11 is 6.51. The molecule has 0 saturated carbocycles. The summed E-state index contributed by atoms with van der Waals surface area (Å²) in [6.07, 6.45) is 1.45. The summed E-state index contributed by atoms with van der Waals surface area (Å²) in [6, 6.07) is 10.00. The van der Waals surface area contributed by atoms with E-state index in [0.717, 1.165) is 5.56 Å². The van der Waals surface area contributed by atoms with Crippen molar-refractivity contribution in [2.45, 2.75) is 10.2 Å². The highest BCUT2D eigenvalue weighted by molar-refractivity contribution is 9.10. The van der Waals surface area contributed by atoms with Crippen LogP contribution in [0.25, 0.3) is 0 Å². The van der Waals surface area contributed by atoms with Crippen molar-refractivity contribution in [3.8, 4) is 0 Å². The van der Waals surface area contributed by atoms with Crippen molar-refractivity contribution in [3.05, 3.63) is 52.8 Å². The van der Waals surface area contributed by atoms with Crippen LogP contribution in [-0.4, -0.2) is 13.4 Å². The van der Waals surface area contributed by atoms with Crippen molar-refractivity contribution < 1.29 is 8.42 Å². The Hall–Kier alpha value is -0.920. The summed E-state index contributed by atoms with van der Waals surface area (Å²) in [5.74, 6) is 0. The first-order chi connectivity index (χ1) is 9.01. The fourth-order valence-corrected chi connectivity index (χ4v) is 3.06. The van der Waals surface area contributed by atoms with E-state index in [2.05, 4.69) is 41.6 Å². The van der Waals surface area contributed by atoms with Crippen LogP contribution < -0.4 is 4.72 Å². The SMILES string of the molecule is O=S(=O)(Nc1ccc(Br)nc1)c1ccc(CBr)cc1. The lowest BCUT2D eigenvalue weighted by Crippen LogP contribution is -2.13. The number of anilines is 1. The lowest BCUT2D eigenvalue weighted by Gasteiger charge is -2.08. The zero-order valence-electron chi connectivity index (χ0n) is 9.68. The van der Waals surface area contributed by atoms with Gasteiger partial charge in [-0.2, -0.15) is 0 Å². The maximum atomic E-state index is 12.1. The smallest absolute Gasteiger partial charge is 0.261 e. The third kappa shape index (κ3) is 3.77. The molecule has 2 rings (SSSR count). The lowest BCUT2D eigenvalue weighted by atomic mass is 10.2. The largest absolute Gasteiger partial charge is 0.278 e. The van der Waals surface area contributed by atoms with E-state index in [-0.39, 0.29) is 4.90 Å². The van der Waals surface area contributed by atoms with Gasteiger partial charge in [-0.15, -0.1) is 0 Å². The number of hydrogen-bond acceptors (Lipinski definition) is 3. The monoisotopic (exact) mass is 404 g/mol. The molecule has 0 saturated heterocycles. The molecule has 0 aliphatic carbocycles. The van der Waals surface area contributed by atoms with Crippen LogP contribution in [0.2, 0.25) is 0 Å². The van der Waals surface area contributed by atoms with Crippen molar-refractivity contribution in [3.63, 3.8) is 0 Å². The Balaban J connectivity index is 2.24. The normalized spacial score (nSPS) is 11.3. The third-order valence-corrected chi connectivity index (χ3v) is 4.88. The molecular formula is C12H10Br2N2O2S. The molecule has 0 amide bonds. The Morgan fingerprint density at radius 3 is 2.32 bits per heavy atom. The van der Waals surface area contributed by atoms with Crippen LogP contribution in [0, 0.1) is 0 Å². The summed E-state index contributed by atoms with van der Waals surface area (Å²) in [5, 5.41) is 0.692. The van der Waals surface area contributed by atoms with E-state index in [1.165, 1.54) is 6.20 Å². The second-order valence-corrected chi connectivity index (χ2v) is 6.81. The molecule has 0 spiro atoms. The van der Waals surface area contributed by atoms with E-state index < -0.39 is 10.0 Å². The Morgan fingerprint density at radius 2 is 1.79 bits per heavy atom. The number of nitrogens with one attached hydrogen (secondary N) is 1. The maximum Gasteiger partial charge on any atom is 0.261 e. The van der Waals surface area contributed by atoms with Gasteiger partial charge in [-0.25, -0.2) is 13.4 Å². The quantitative estimate of drug-likeness (QED) is 0.625. The van der Waals surface area contributed by atoms with Gasteiger partial charge in [0.25, 0.3) is 10.0 Å². The highest BCUT2D eigenvalue weighted by atomic mass is 79.9. The van der Waals surface area contributed by atoms with E-state index in [4.69, 9.17) is 0 Å². The minimum Gasteiger partial charge on any atom is -0.278 e. The summed E-state index contributed by atoms with van der Waals surface area (Å²) in [5.41, 5.74) is 1.44. The molecule has 0 aliphatic heterocycles. The van der Waals surface area contributed by atoms with Gasteiger partial charge in [-0.05, 0) is 45.8 Å². The van der Waals surface area contributed by atoms with Crippen molar-refractivity contribution >= 4 is 47.6 Å². The first-order valence-corrected chi connectivity index (χ1v) is 8.70. The second kappa shape index (κ2) is 6.02. The van der Waals surface area contributed by atoms with Crippen LogP contribution in [-0.2, 0) is 15.4 Å². The van der Waals surface area contributed by atoms with Gasteiger partial charge in [0.2, 0.25) is 0 Å². The molecule has 0 aliphatic rings. The number of rotatable bonds is 4. The van der Waals surface area contributed by atoms with Crippen LogP contribution >= 0.6 is 31.9 Å². The van der Waals surface area contributed by atoms with Gasteiger partial charge < -0.3 is 0 Å². The predicted molar refractivity (Wildman–Crippen MR) is 81.8 cm³/mol. The van der Waals surface area contributed by atoms with E-state index >= 15 is 0 Å². The van der Waals surface area contributed by atoms with Gasteiger partial charge in [-0.3, -0.25) is 4.72 Å². The number of nitrogens with zero attached hydrogens (tertiary/aromatic N) is 1. The van der Waals surface area contributed by atoms with Crippen molar-refractivity contribution in [1.29, 1.82) is 0 Å². The fourth-order valence-electron chi connectivity index (χ4n) is 1.41. The molecule has 19 heavy (non-hydrogen) atoms. The van der Waals surface area contributed by atoms with Crippen LogP contribution in [0.3, 0.4) is 0 Å². The lowest BCUT2D eigenvalue weighted by molar-refractivity contribution is 0.601. The molecule has 1 aromatic carbocycles. The third-order valence-electron chi connectivity index (χ3n) is 2.37. The number of halogens is 2. The first-order valence-electron chi connectivity index (χ1n) is 5.30. The molecule has 0 radical (unpaired) electrons. The van der Waals surface area contributed by atoms with Crippen molar-refractivity contribution in [2.75, 3.05) is 4.72 Å². The van der Waals surface area contributed by atoms with Crippen LogP contribution in [0.5, 0.6) is 0 Å². The minimum atomic E-state index is -3.57. The molecule has 0 bridgehead atoms. The number of aromatic nitrogens is 1. The standard InChI is InChI=1S/C12H10Br2N2O2S/c13-7-9-1-4-11(5-2-9)19(17,18)16-10-3-6-12(14)15-8-10/h1-6,8,16H,7H2. The first kappa shape index (κ1) is 14.5. The van der Waals surface area contributed by atoms with Crippen LogP contribution in [0.1, 0.15) is 5.56 Å². The highest BCUT2D eigenvalue weighted by Crippen LogP contribution is 2.18. The Labute approximate surface area is 128 Å². The zero-order chi connectivity index (χ0) is 13.9. The number of hydrogen-bond donors (Lipinski definition) is 1. The Kier molecular flexibility index (Phi) is 4.59. The van der Waals surface area contributed by atoms with E-state index in [1.807, 2.05) is 0 Å². The van der Waals surface area contributed by atoms with Gasteiger partial charge in [0, 0.05) is 5.33 Å². The molecule has 4 nitrogen and oxygen atoms in total. The zero-order valence-corrected chi connectivity index (χ0v) is 13.7.